The summed E-state index contributed by atoms with van der Waals surface area (Å²) in [4.78, 5) is 0. The van der Waals surface area contributed by atoms with Crippen LogP contribution in [-0.4, -0.2) is 26.7 Å². The van der Waals surface area contributed by atoms with Gasteiger partial charge in [-0.3, -0.25) is 0 Å². The molecule has 0 aliphatic rings. The summed E-state index contributed by atoms with van der Waals surface area (Å²) in [6, 6.07) is 12.7. The molecule has 7 N–H and O–H groups in total. The summed E-state index contributed by atoms with van der Waals surface area (Å²) in [6.45, 7) is 7.50. The number of likely N-dealkylation sites (N-methyl/N-ethyl adjacent to an activating group) is 1. The Bertz CT molecular complexity index is 1030. The Balaban J connectivity index is 2.43. The summed E-state index contributed by atoms with van der Waals surface area (Å²) < 4.78 is 46.6. The molecule has 0 heterocycles. The van der Waals surface area contributed by atoms with Gasteiger partial charge < -0.3 is 32.2 Å². The SMILES string of the molecule is C=C(N/C(N)=C/C(=C(\N)OCCNC)c1ccccc1C(F)(F)F)c1ccccc1NCCC. The number of nitrogens with two attached hydrogens (primary N) is 2. The Kier molecular flexibility index (Phi) is 9.88. The van der Waals surface area contributed by atoms with Crippen molar-refractivity contribution < 1.29 is 17.9 Å². The molecule has 6 nitrogen and oxygen atoms in total. The van der Waals surface area contributed by atoms with Gasteiger partial charge in [-0.25, -0.2) is 0 Å². The average molecular weight is 476 g/mol. The van der Waals surface area contributed by atoms with E-state index in [2.05, 4.69) is 29.5 Å². The molecule has 0 atom stereocenters. The van der Waals surface area contributed by atoms with Crippen LogP contribution < -0.4 is 27.4 Å². The second-order valence-corrected chi connectivity index (χ2v) is 7.45. The van der Waals surface area contributed by atoms with Crippen molar-refractivity contribution in [1.82, 2.24) is 10.6 Å². The summed E-state index contributed by atoms with van der Waals surface area (Å²) in [7, 11) is 1.73. The maximum Gasteiger partial charge on any atom is 0.417 e. The number of para-hydroxylation sites is 1. The van der Waals surface area contributed by atoms with Crippen molar-refractivity contribution in [2.45, 2.75) is 19.5 Å². The fourth-order valence-electron chi connectivity index (χ4n) is 3.18. The largest absolute Gasteiger partial charge is 0.478 e. The van der Waals surface area contributed by atoms with E-state index in [4.69, 9.17) is 16.2 Å². The van der Waals surface area contributed by atoms with Gasteiger partial charge in [-0.15, -0.1) is 0 Å². The van der Waals surface area contributed by atoms with Gasteiger partial charge in [0.05, 0.1) is 5.56 Å². The van der Waals surface area contributed by atoms with Gasteiger partial charge in [-0.05, 0) is 37.2 Å². The van der Waals surface area contributed by atoms with Gasteiger partial charge in [-0.2, -0.15) is 13.2 Å². The van der Waals surface area contributed by atoms with Crippen LogP contribution in [0.3, 0.4) is 0 Å². The van der Waals surface area contributed by atoms with Crippen LogP contribution in [0.2, 0.25) is 0 Å². The lowest BCUT2D eigenvalue weighted by molar-refractivity contribution is -0.137. The van der Waals surface area contributed by atoms with Crippen LogP contribution >= 0.6 is 0 Å². The van der Waals surface area contributed by atoms with Gasteiger partial charge in [0.25, 0.3) is 0 Å². The molecule has 0 aliphatic heterocycles. The number of benzene rings is 2. The predicted molar refractivity (Wildman–Crippen MR) is 132 cm³/mol. The van der Waals surface area contributed by atoms with Crippen LogP contribution in [0.5, 0.6) is 0 Å². The van der Waals surface area contributed by atoms with E-state index in [1.165, 1.54) is 24.3 Å². The Morgan fingerprint density at radius 2 is 1.68 bits per heavy atom. The fourth-order valence-corrected chi connectivity index (χ4v) is 3.18. The molecule has 2 aromatic carbocycles. The predicted octanol–water partition coefficient (Wildman–Crippen LogP) is 4.45. The minimum absolute atomic E-state index is 0.0132. The summed E-state index contributed by atoms with van der Waals surface area (Å²) in [5.74, 6) is -0.116. The van der Waals surface area contributed by atoms with Gasteiger partial charge >= 0.3 is 6.18 Å². The van der Waals surface area contributed by atoms with E-state index in [0.717, 1.165) is 30.3 Å². The minimum atomic E-state index is -4.59. The van der Waals surface area contributed by atoms with E-state index < -0.39 is 11.7 Å². The van der Waals surface area contributed by atoms with E-state index in [-0.39, 0.29) is 29.4 Å². The molecular weight excluding hydrogens is 443 g/mol. The molecule has 0 spiro atoms. The third-order valence-corrected chi connectivity index (χ3v) is 4.81. The lowest BCUT2D eigenvalue weighted by atomic mass is 9.99. The normalized spacial score (nSPS) is 12.7. The smallest absolute Gasteiger partial charge is 0.417 e. The first-order valence-corrected chi connectivity index (χ1v) is 10.9. The summed E-state index contributed by atoms with van der Waals surface area (Å²) in [5.41, 5.74) is 13.4. The van der Waals surface area contributed by atoms with E-state index in [0.29, 0.717) is 12.2 Å². The lowest BCUT2D eigenvalue weighted by Crippen LogP contribution is -2.21. The van der Waals surface area contributed by atoms with Crippen LogP contribution in [0.1, 0.15) is 30.0 Å². The average Bonchev–Trinajstić information content (AvgIpc) is 2.81. The molecule has 0 aromatic heterocycles. The summed E-state index contributed by atoms with van der Waals surface area (Å²) in [6.07, 6.45) is -2.32. The van der Waals surface area contributed by atoms with Crippen molar-refractivity contribution >= 4 is 17.0 Å². The number of alkyl halides is 3. The number of allylic oxidation sites excluding steroid dienone is 2. The Hall–Kier alpha value is -3.59. The number of rotatable bonds is 12. The topological polar surface area (TPSA) is 97.4 Å². The van der Waals surface area contributed by atoms with Crippen LogP contribution in [0, 0.1) is 0 Å². The first-order chi connectivity index (χ1) is 16.2. The van der Waals surface area contributed by atoms with E-state index in [9.17, 15) is 13.2 Å². The number of hydrogen-bond acceptors (Lipinski definition) is 6. The molecule has 0 bridgehead atoms. The highest BCUT2D eigenvalue weighted by molar-refractivity contribution is 5.79. The molecule has 0 saturated carbocycles. The second kappa shape index (κ2) is 12.6. The van der Waals surface area contributed by atoms with Crippen molar-refractivity contribution in [3.8, 4) is 0 Å². The third kappa shape index (κ3) is 7.48. The van der Waals surface area contributed by atoms with Crippen molar-refractivity contribution in [1.29, 1.82) is 0 Å². The van der Waals surface area contributed by atoms with Gasteiger partial charge in [0.15, 0.2) is 5.88 Å². The summed E-state index contributed by atoms with van der Waals surface area (Å²) >= 11 is 0. The molecule has 34 heavy (non-hydrogen) atoms. The van der Waals surface area contributed by atoms with Crippen LogP contribution in [0.15, 0.2) is 72.9 Å². The lowest BCUT2D eigenvalue weighted by Gasteiger charge is -2.18. The van der Waals surface area contributed by atoms with Crippen LogP contribution in [0.25, 0.3) is 11.3 Å². The monoisotopic (exact) mass is 475 g/mol. The van der Waals surface area contributed by atoms with E-state index in [1.807, 2.05) is 24.3 Å². The molecule has 184 valence electrons. The van der Waals surface area contributed by atoms with Gasteiger partial charge in [0.1, 0.15) is 12.4 Å². The molecule has 0 fully saturated rings. The number of hydrogen-bond donors (Lipinski definition) is 5. The highest BCUT2D eigenvalue weighted by Gasteiger charge is 2.34. The Morgan fingerprint density at radius 1 is 1.03 bits per heavy atom. The molecule has 2 rings (SSSR count). The Labute approximate surface area is 198 Å². The molecule has 0 unspecified atom stereocenters. The molecule has 9 heteroatoms. The zero-order valence-electron chi connectivity index (χ0n) is 19.4. The minimum Gasteiger partial charge on any atom is -0.478 e. The first kappa shape index (κ1) is 26.7. The number of nitrogens with one attached hydrogen (secondary N) is 3. The number of anilines is 1. The third-order valence-electron chi connectivity index (χ3n) is 4.81. The van der Waals surface area contributed by atoms with Gasteiger partial charge in [0.2, 0.25) is 0 Å². The van der Waals surface area contributed by atoms with Gasteiger partial charge in [-0.1, -0.05) is 49.9 Å². The van der Waals surface area contributed by atoms with E-state index in [1.54, 1.807) is 7.05 Å². The van der Waals surface area contributed by atoms with Gasteiger partial charge in [0, 0.05) is 35.6 Å². The van der Waals surface area contributed by atoms with E-state index >= 15 is 0 Å². The molecule has 0 radical (unpaired) electrons. The zero-order valence-corrected chi connectivity index (χ0v) is 19.4. The second-order valence-electron chi connectivity index (χ2n) is 7.45. The fraction of sp³-hybridized carbons (Fsp3) is 0.280. The van der Waals surface area contributed by atoms with Crippen molar-refractivity contribution in [2.24, 2.45) is 11.5 Å². The maximum atomic E-state index is 13.7. The van der Waals surface area contributed by atoms with Crippen LogP contribution in [-0.2, 0) is 10.9 Å². The number of ether oxygens (including phenoxy) is 1. The van der Waals surface area contributed by atoms with Crippen molar-refractivity contribution in [3.05, 3.63) is 89.6 Å². The molecule has 0 amide bonds. The van der Waals surface area contributed by atoms with Crippen molar-refractivity contribution in [3.63, 3.8) is 0 Å². The maximum absolute atomic E-state index is 13.7. The zero-order chi connectivity index (χ0) is 25.1. The molecule has 0 aliphatic carbocycles. The quantitative estimate of drug-likeness (QED) is 0.177. The molecule has 0 saturated heterocycles. The standard InChI is InChI=1S/C25H32F3N5O/c1-4-13-32-22-12-8-6-9-18(22)17(2)33-23(29)16-20(24(30)34-15-14-31-3)19-10-5-7-11-21(19)25(26,27)28/h5-12,16,31-33H,2,4,13-15,29-30H2,1,3H3/b23-16+,24-20-. The number of halogens is 3. The van der Waals surface area contributed by atoms with Crippen molar-refractivity contribution in [2.75, 3.05) is 32.1 Å². The summed E-state index contributed by atoms with van der Waals surface area (Å²) in [5, 5.41) is 9.16. The highest BCUT2D eigenvalue weighted by atomic mass is 19.4. The van der Waals surface area contributed by atoms with Crippen LogP contribution in [0.4, 0.5) is 18.9 Å². The highest BCUT2D eigenvalue weighted by Crippen LogP contribution is 2.36. The Morgan fingerprint density at radius 3 is 2.32 bits per heavy atom. The molecular formula is C25H32F3N5O. The first-order valence-electron chi connectivity index (χ1n) is 10.9. The molecule has 2 aromatic rings.